The summed E-state index contributed by atoms with van der Waals surface area (Å²) in [5.74, 6) is -1.15. The molecule has 0 saturated carbocycles. The number of nitrogens with zero attached hydrogens (tertiary/aromatic N) is 1. The van der Waals surface area contributed by atoms with E-state index in [1.165, 1.54) is 12.1 Å². The summed E-state index contributed by atoms with van der Waals surface area (Å²) in [6.07, 6.45) is 3.03. The summed E-state index contributed by atoms with van der Waals surface area (Å²) in [6, 6.07) is 6.87. The summed E-state index contributed by atoms with van der Waals surface area (Å²) in [4.78, 5) is 4.29. The van der Waals surface area contributed by atoms with E-state index in [4.69, 9.17) is 11.6 Å². The molecule has 5 heteroatoms. The van der Waals surface area contributed by atoms with Crippen molar-refractivity contribution < 1.29 is 8.78 Å². The maximum absolute atomic E-state index is 13.3. The first-order valence-electron chi connectivity index (χ1n) is 6.89. The lowest BCUT2D eigenvalue weighted by molar-refractivity contribution is 0.512. The molecule has 2 rings (SSSR count). The van der Waals surface area contributed by atoms with E-state index in [0.717, 1.165) is 19.0 Å². The quantitative estimate of drug-likeness (QED) is 0.860. The molecule has 0 aliphatic carbocycles. The molecule has 0 bridgehead atoms. The van der Waals surface area contributed by atoms with Crippen molar-refractivity contribution in [1.82, 2.24) is 10.3 Å². The van der Waals surface area contributed by atoms with Crippen molar-refractivity contribution in [2.45, 2.75) is 25.8 Å². The van der Waals surface area contributed by atoms with E-state index in [9.17, 15) is 8.78 Å². The van der Waals surface area contributed by atoms with Crippen LogP contribution in [0, 0.1) is 11.6 Å². The van der Waals surface area contributed by atoms with E-state index in [2.05, 4.69) is 10.3 Å². The number of aromatic nitrogens is 1. The molecule has 0 aliphatic heterocycles. The Morgan fingerprint density at radius 1 is 1.24 bits per heavy atom. The molecule has 1 atom stereocenters. The van der Waals surface area contributed by atoms with Crippen molar-refractivity contribution in [2.75, 3.05) is 6.54 Å². The molecule has 1 aromatic heterocycles. The Morgan fingerprint density at radius 2 is 1.95 bits per heavy atom. The maximum atomic E-state index is 13.3. The molecular weight excluding hydrogens is 294 g/mol. The highest BCUT2D eigenvalue weighted by Crippen LogP contribution is 2.24. The van der Waals surface area contributed by atoms with Gasteiger partial charge in [-0.2, -0.15) is 0 Å². The molecular formula is C16H17ClF2N2. The second kappa shape index (κ2) is 7.48. The van der Waals surface area contributed by atoms with E-state index in [1.54, 1.807) is 18.3 Å². The number of pyridine rings is 1. The molecule has 0 amide bonds. The van der Waals surface area contributed by atoms with Crippen molar-refractivity contribution in [2.24, 2.45) is 0 Å². The Morgan fingerprint density at radius 3 is 2.57 bits per heavy atom. The van der Waals surface area contributed by atoms with Crippen LogP contribution in [0.1, 0.15) is 30.6 Å². The lowest BCUT2D eigenvalue weighted by Crippen LogP contribution is -2.25. The fraction of sp³-hybridized carbons (Fsp3) is 0.312. The molecule has 1 unspecified atom stereocenters. The molecule has 112 valence electrons. The van der Waals surface area contributed by atoms with Crippen LogP contribution in [0.4, 0.5) is 8.78 Å². The van der Waals surface area contributed by atoms with Crippen molar-refractivity contribution in [3.63, 3.8) is 0 Å². The van der Waals surface area contributed by atoms with E-state index in [1.807, 2.05) is 6.92 Å². The summed E-state index contributed by atoms with van der Waals surface area (Å²) in [7, 11) is 0. The highest BCUT2D eigenvalue weighted by atomic mass is 35.5. The zero-order chi connectivity index (χ0) is 15.2. The number of rotatable bonds is 6. The standard InChI is InChI=1S/C16H17ClF2N2/c1-2-5-20-15(16-14(17)4-3-6-21-16)9-11-7-12(18)10-13(19)8-11/h3-4,6-8,10,15,20H,2,5,9H2,1H3. The molecule has 1 N–H and O–H groups in total. The third-order valence-electron chi connectivity index (χ3n) is 3.12. The van der Waals surface area contributed by atoms with Crippen LogP contribution in [0.2, 0.25) is 5.02 Å². The summed E-state index contributed by atoms with van der Waals surface area (Å²) in [6.45, 7) is 2.82. The number of nitrogens with one attached hydrogen (secondary N) is 1. The van der Waals surface area contributed by atoms with Crippen LogP contribution in [-0.4, -0.2) is 11.5 Å². The Bertz CT molecular complexity index is 584. The Hall–Kier alpha value is -1.52. The molecule has 1 aromatic carbocycles. The van der Waals surface area contributed by atoms with Crippen LogP contribution < -0.4 is 5.32 Å². The minimum atomic E-state index is -0.577. The van der Waals surface area contributed by atoms with Gasteiger partial charge in [-0.3, -0.25) is 4.98 Å². The highest BCUT2D eigenvalue weighted by molar-refractivity contribution is 6.31. The predicted molar refractivity (Wildman–Crippen MR) is 80.3 cm³/mol. The van der Waals surface area contributed by atoms with Crippen LogP contribution in [0.5, 0.6) is 0 Å². The molecule has 0 aliphatic rings. The largest absolute Gasteiger partial charge is 0.308 e. The van der Waals surface area contributed by atoms with E-state index < -0.39 is 11.6 Å². The lowest BCUT2D eigenvalue weighted by Gasteiger charge is -2.19. The lowest BCUT2D eigenvalue weighted by atomic mass is 10.0. The Balaban J connectivity index is 2.26. The van der Waals surface area contributed by atoms with Crippen LogP contribution >= 0.6 is 11.6 Å². The molecule has 21 heavy (non-hydrogen) atoms. The second-order valence-corrected chi connectivity index (χ2v) is 5.27. The third-order valence-corrected chi connectivity index (χ3v) is 3.44. The maximum Gasteiger partial charge on any atom is 0.126 e. The van der Waals surface area contributed by atoms with Crippen LogP contribution in [-0.2, 0) is 6.42 Å². The normalized spacial score (nSPS) is 12.4. The topological polar surface area (TPSA) is 24.9 Å². The minimum Gasteiger partial charge on any atom is -0.308 e. The van der Waals surface area contributed by atoms with E-state index in [-0.39, 0.29) is 6.04 Å². The molecule has 0 spiro atoms. The van der Waals surface area contributed by atoms with Gasteiger partial charge in [-0.15, -0.1) is 0 Å². The van der Waals surface area contributed by atoms with Gasteiger partial charge in [0, 0.05) is 12.3 Å². The van der Waals surface area contributed by atoms with Gasteiger partial charge in [-0.25, -0.2) is 8.78 Å². The average Bonchev–Trinajstić information content (AvgIpc) is 2.43. The van der Waals surface area contributed by atoms with Crippen molar-refractivity contribution in [3.05, 3.63) is 64.4 Å². The van der Waals surface area contributed by atoms with Gasteiger partial charge in [0.15, 0.2) is 0 Å². The first-order chi connectivity index (χ1) is 10.1. The van der Waals surface area contributed by atoms with Crippen LogP contribution in [0.25, 0.3) is 0 Å². The summed E-state index contributed by atoms with van der Waals surface area (Å²) < 4.78 is 26.6. The van der Waals surface area contributed by atoms with Crippen LogP contribution in [0.3, 0.4) is 0 Å². The van der Waals surface area contributed by atoms with E-state index in [0.29, 0.717) is 22.7 Å². The average molecular weight is 311 g/mol. The molecule has 0 radical (unpaired) electrons. The monoisotopic (exact) mass is 310 g/mol. The first kappa shape index (κ1) is 15.9. The predicted octanol–water partition coefficient (Wildman–Crippen LogP) is 4.30. The Labute approximate surface area is 128 Å². The van der Waals surface area contributed by atoms with Crippen molar-refractivity contribution >= 4 is 11.6 Å². The molecule has 2 nitrogen and oxygen atoms in total. The van der Waals surface area contributed by atoms with Gasteiger partial charge in [0.1, 0.15) is 11.6 Å². The smallest absolute Gasteiger partial charge is 0.126 e. The van der Waals surface area contributed by atoms with E-state index >= 15 is 0 Å². The van der Waals surface area contributed by atoms with Crippen LogP contribution in [0.15, 0.2) is 36.5 Å². The molecule has 1 heterocycles. The fourth-order valence-electron chi connectivity index (χ4n) is 2.20. The number of benzene rings is 1. The van der Waals surface area contributed by atoms with Gasteiger partial charge in [0.05, 0.1) is 16.8 Å². The van der Waals surface area contributed by atoms with Crippen molar-refractivity contribution in [3.8, 4) is 0 Å². The highest BCUT2D eigenvalue weighted by Gasteiger charge is 2.17. The molecule has 0 fully saturated rings. The summed E-state index contributed by atoms with van der Waals surface area (Å²) in [5.41, 5.74) is 1.26. The molecule has 2 aromatic rings. The first-order valence-corrected chi connectivity index (χ1v) is 7.26. The van der Waals surface area contributed by atoms with Gasteiger partial charge < -0.3 is 5.32 Å². The zero-order valence-electron chi connectivity index (χ0n) is 11.7. The third kappa shape index (κ3) is 4.48. The summed E-state index contributed by atoms with van der Waals surface area (Å²) in [5, 5.41) is 3.87. The number of hydrogen-bond donors (Lipinski definition) is 1. The van der Waals surface area contributed by atoms with Gasteiger partial charge in [-0.1, -0.05) is 18.5 Å². The Kier molecular flexibility index (Phi) is 5.65. The summed E-state index contributed by atoms with van der Waals surface area (Å²) >= 11 is 6.18. The fourth-order valence-corrected chi connectivity index (χ4v) is 2.46. The molecule has 0 saturated heterocycles. The van der Waals surface area contributed by atoms with Crippen molar-refractivity contribution in [1.29, 1.82) is 0 Å². The second-order valence-electron chi connectivity index (χ2n) is 4.86. The van der Waals surface area contributed by atoms with Gasteiger partial charge in [-0.05, 0) is 49.2 Å². The van der Waals surface area contributed by atoms with Gasteiger partial charge in [0.25, 0.3) is 0 Å². The zero-order valence-corrected chi connectivity index (χ0v) is 12.5. The number of halogens is 3. The minimum absolute atomic E-state index is 0.181. The number of hydrogen-bond acceptors (Lipinski definition) is 2. The van der Waals surface area contributed by atoms with Gasteiger partial charge in [0.2, 0.25) is 0 Å². The van der Waals surface area contributed by atoms with Gasteiger partial charge >= 0.3 is 0 Å². The SMILES string of the molecule is CCCNC(Cc1cc(F)cc(F)c1)c1ncccc1Cl.